The molecule has 0 radical (unpaired) electrons. The summed E-state index contributed by atoms with van der Waals surface area (Å²) in [5.41, 5.74) is 5.93. The van der Waals surface area contributed by atoms with Crippen LogP contribution >= 0.6 is 0 Å². The minimum Gasteiger partial charge on any atom is -0.507 e. The number of carbonyl (C=O) groups excluding carboxylic acids is 1. The third-order valence-corrected chi connectivity index (χ3v) is 7.79. The number of phenols is 1. The molecule has 148 valence electrons. The summed E-state index contributed by atoms with van der Waals surface area (Å²) in [6.07, 6.45) is 8.11. The van der Waals surface area contributed by atoms with Crippen LogP contribution in [0.25, 0.3) is 0 Å². The number of nitrogens with zero attached hydrogens (tertiary/aromatic N) is 1. The molecule has 0 spiro atoms. The Morgan fingerprint density at radius 2 is 1.96 bits per heavy atom. The van der Waals surface area contributed by atoms with Crippen LogP contribution in [-0.2, 0) is 11.8 Å². The van der Waals surface area contributed by atoms with Crippen molar-refractivity contribution in [1.29, 1.82) is 0 Å². The summed E-state index contributed by atoms with van der Waals surface area (Å²) in [5, 5.41) is 22.9. The summed E-state index contributed by atoms with van der Waals surface area (Å²) in [7, 11) is 2.14. The van der Waals surface area contributed by atoms with Gasteiger partial charge < -0.3 is 15.9 Å². The highest BCUT2D eigenvalue weighted by Crippen LogP contribution is 2.56. The van der Waals surface area contributed by atoms with Crippen LogP contribution < -0.4 is 5.73 Å². The molecule has 4 N–H and O–H groups in total. The zero-order valence-corrected chi connectivity index (χ0v) is 16.5. The number of aliphatic hydroxyl groups is 1. The fraction of sp³-hybridized carbons (Fsp3) is 0.682. The van der Waals surface area contributed by atoms with E-state index in [0.717, 1.165) is 49.3 Å². The lowest BCUT2D eigenvalue weighted by molar-refractivity contribution is -0.129. The van der Waals surface area contributed by atoms with Gasteiger partial charge in [-0.05, 0) is 56.7 Å². The standard InChI is InChI=1S/C22H32N2O3/c1-21-10-3-4-11-22(21,27)17(24(2)13-14-6-5-7-14)12-15-8-9-16(20(23)26)19(25)18(15)21/h8-9,14,17,25,27H,3-7,10-13H2,1-2H3,(H2,23,26)/t17-,21?,22-/m1/s1. The summed E-state index contributed by atoms with van der Waals surface area (Å²) in [5.74, 6) is 0.0888. The Kier molecular flexibility index (Phi) is 4.51. The van der Waals surface area contributed by atoms with E-state index in [9.17, 15) is 15.0 Å². The number of amides is 1. The maximum atomic E-state index is 12.0. The van der Waals surface area contributed by atoms with Crippen molar-refractivity contribution in [3.05, 3.63) is 28.8 Å². The summed E-state index contributed by atoms with van der Waals surface area (Å²) < 4.78 is 0. The number of hydrogen-bond donors (Lipinski definition) is 3. The van der Waals surface area contributed by atoms with E-state index in [2.05, 4.69) is 18.9 Å². The van der Waals surface area contributed by atoms with E-state index in [1.54, 1.807) is 6.07 Å². The smallest absolute Gasteiger partial charge is 0.252 e. The maximum absolute atomic E-state index is 12.0. The lowest BCUT2D eigenvalue weighted by atomic mass is 9.53. The average molecular weight is 373 g/mol. The minimum absolute atomic E-state index is 0.0229. The van der Waals surface area contributed by atoms with Crippen molar-refractivity contribution >= 4 is 5.91 Å². The highest BCUT2D eigenvalue weighted by Gasteiger charge is 2.59. The van der Waals surface area contributed by atoms with E-state index in [4.69, 9.17) is 5.73 Å². The molecule has 0 bridgehead atoms. The van der Waals surface area contributed by atoms with Gasteiger partial charge in [0.05, 0.1) is 11.2 Å². The number of nitrogens with two attached hydrogens (primary N) is 1. The molecule has 1 aromatic carbocycles. The molecule has 1 aromatic rings. The fourth-order valence-electron chi connectivity index (χ4n) is 5.97. The van der Waals surface area contributed by atoms with Crippen molar-refractivity contribution in [3.8, 4) is 5.75 Å². The number of fused-ring (bicyclic) bond motifs is 3. The van der Waals surface area contributed by atoms with E-state index in [0.29, 0.717) is 6.42 Å². The largest absolute Gasteiger partial charge is 0.507 e. The molecule has 3 aliphatic rings. The third-order valence-electron chi connectivity index (χ3n) is 7.79. The Morgan fingerprint density at radius 1 is 1.26 bits per heavy atom. The molecule has 0 saturated heterocycles. The fourth-order valence-corrected chi connectivity index (χ4v) is 5.97. The Morgan fingerprint density at radius 3 is 2.59 bits per heavy atom. The van der Waals surface area contributed by atoms with Gasteiger partial charge in [0.25, 0.3) is 5.91 Å². The lowest BCUT2D eigenvalue weighted by Crippen LogP contribution is -2.67. The zero-order chi connectivity index (χ0) is 19.4. The molecule has 0 heterocycles. The van der Waals surface area contributed by atoms with Crippen LogP contribution in [0.5, 0.6) is 5.75 Å². The van der Waals surface area contributed by atoms with Crippen LogP contribution in [0.2, 0.25) is 0 Å². The van der Waals surface area contributed by atoms with Gasteiger partial charge in [-0.3, -0.25) is 9.69 Å². The van der Waals surface area contributed by atoms with Gasteiger partial charge in [-0.1, -0.05) is 32.3 Å². The predicted octanol–water partition coefficient (Wildman–Crippen LogP) is 2.71. The Labute approximate surface area is 161 Å². The molecule has 2 fully saturated rings. The molecule has 5 heteroatoms. The molecular weight excluding hydrogens is 340 g/mol. The lowest BCUT2D eigenvalue weighted by Gasteiger charge is -2.58. The molecule has 5 nitrogen and oxygen atoms in total. The number of benzene rings is 1. The third kappa shape index (κ3) is 2.70. The topological polar surface area (TPSA) is 86.8 Å². The highest BCUT2D eigenvalue weighted by atomic mass is 16.3. The number of likely N-dealkylation sites (N-methyl/N-ethyl adjacent to an activating group) is 1. The first-order valence-corrected chi connectivity index (χ1v) is 10.4. The van der Waals surface area contributed by atoms with Gasteiger partial charge in [0.2, 0.25) is 0 Å². The first-order valence-electron chi connectivity index (χ1n) is 10.4. The molecule has 2 saturated carbocycles. The van der Waals surface area contributed by atoms with Crippen LogP contribution in [0.4, 0.5) is 0 Å². The van der Waals surface area contributed by atoms with Gasteiger partial charge in [-0.15, -0.1) is 0 Å². The van der Waals surface area contributed by atoms with E-state index < -0.39 is 16.9 Å². The van der Waals surface area contributed by atoms with Gasteiger partial charge in [-0.25, -0.2) is 0 Å². The summed E-state index contributed by atoms with van der Waals surface area (Å²) >= 11 is 0. The predicted molar refractivity (Wildman–Crippen MR) is 105 cm³/mol. The van der Waals surface area contributed by atoms with Crippen LogP contribution in [0, 0.1) is 5.92 Å². The van der Waals surface area contributed by atoms with E-state index in [1.807, 2.05) is 6.07 Å². The highest BCUT2D eigenvalue weighted by molar-refractivity contribution is 5.96. The van der Waals surface area contributed by atoms with E-state index >= 15 is 0 Å². The van der Waals surface area contributed by atoms with Gasteiger partial charge in [0, 0.05) is 23.6 Å². The first kappa shape index (κ1) is 18.8. The molecule has 4 rings (SSSR count). The Balaban J connectivity index is 1.80. The molecule has 27 heavy (non-hydrogen) atoms. The van der Waals surface area contributed by atoms with Crippen LogP contribution in [-0.4, -0.2) is 46.3 Å². The van der Waals surface area contributed by atoms with Crippen molar-refractivity contribution < 1.29 is 15.0 Å². The Hall–Kier alpha value is -1.59. The first-order chi connectivity index (χ1) is 12.8. The molecule has 3 atom stereocenters. The molecule has 0 aromatic heterocycles. The molecule has 1 unspecified atom stereocenters. The molecular formula is C22H32N2O3. The van der Waals surface area contributed by atoms with E-state index in [-0.39, 0.29) is 17.4 Å². The molecule has 1 amide bonds. The van der Waals surface area contributed by atoms with Crippen LogP contribution in [0.1, 0.15) is 73.4 Å². The van der Waals surface area contributed by atoms with Crippen molar-refractivity contribution in [2.24, 2.45) is 11.7 Å². The quantitative estimate of drug-likeness (QED) is 0.758. The molecule has 0 aliphatic heterocycles. The van der Waals surface area contributed by atoms with Crippen LogP contribution in [0.3, 0.4) is 0 Å². The normalized spacial score (nSPS) is 33.3. The molecule has 3 aliphatic carbocycles. The van der Waals surface area contributed by atoms with Crippen LogP contribution in [0.15, 0.2) is 12.1 Å². The number of rotatable bonds is 4. The Bertz CT molecular complexity index is 760. The SMILES string of the molecule is CN(CC1CCC1)[C@@H]1Cc2ccc(C(N)=O)c(O)c2C2(C)CCCC[C@@]12O. The summed E-state index contributed by atoms with van der Waals surface area (Å²) in [6, 6.07) is 3.59. The number of primary amides is 1. The van der Waals surface area contributed by atoms with Crippen molar-refractivity contribution in [2.75, 3.05) is 13.6 Å². The summed E-state index contributed by atoms with van der Waals surface area (Å²) in [4.78, 5) is 14.1. The van der Waals surface area contributed by atoms with Gasteiger partial charge >= 0.3 is 0 Å². The van der Waals surface area contributed by atoms with Gasteiger partial charge in [-0.2, -0.15) is 0 Å². The summed E-state index contributed by atoms with van der Waals surface area (Å²) in [6.45, 7) is 3.09. The van der Waals surface area contributed by atoms with E-state index in [1.165, 1.54) is 19.3 Å². The monoisotopic (exact) mass is 372 g/mol. The minimum atomic E-state index is -0.912. The van der Waals surface area contributed by atoms with Crippen molar-refractivity contribution in [2.45, 2.75) is 75.3 Å². The second kappa shape index (κ2) is 6.49. The van der Waals surface area contributed by atoms with Crippen molar-refractivity contribution in [1.82, 2.24) is 4.90 Å². The van der Waals surface area contributed by atoms with Gasteiger partial charge in [0.1, 0.15) is 5.75 Å². The second-order valence-electron chi connectivity index (χ2n) is 9.28. The average Bonchev–Trinajstić information content (AvgIpc) is 2.57. The number of carbonyl (C=O) groups is 1. The maximum Gasteiger partial charge on any atom is 0.252 e. The van der Waals surface area contributed by atoms with Gasteiger partial charge in [0.15, 0.2) is 0 Å². The van der Waals surface area contributed by atoms with Crippen molar-refractivity contribution in [3.63, 3.8) is 0 Å². The number of hydrogen-bond acceptors (Lipinski definition) is 4. The zero-order valence-electron chi connectivity index (χ0n) is 16.5. The number of aromatic hydroxyl groups is 1. The second-order valence-corrected chi connectivity index (χ2v) is 9.28.